The minimum Gasteiger partial charge on any atom is -0.479 e. The second-order valence-electron chi connectivity index (χ2n) is 4.39. The number of aliphatic carboxylic acids is 1. The van der Waals surface area contributed by atoms with Crippen LogP contribution in [0.15, 0.2) is 36.9 Å². The van der Waals surface area contributed by atoms with Crippen LogP contribution in [0.3, 0.4) is 0 Å². The van der Waals surface area contributed by atoms with Gasteiger partial charge in [-0.05, 0) is 12.0 Å². The molecule has 6 heteroatoms. The molecule has 102 valence electrons. The Hall–Kier alpha value is -1.66. The van der Waals surface area contributed by atoms with Gasteiger partial charge in [-0.25, -0.2) is 13.2 Å². The number of sulfone groups is 1. The highest BCUT2D eigenvalue weighted by Gasteiger charge is 2.53. The zero-order valence-electron chi connectivity index (χ0n) is 10.3. The molecule has 1 atom stereocenters. The van der Waals surface area contributed by atoms with Crippen LogP contribution in [-0.2, 0) is 25.9 Å². The molecule has 0 bridgehead atoms. The van der Waals surface area contributed by atoms with Crippen LogP contribution in [0.25, 0.3) is 0 Å². The zero-order chi connectivity index (χ0) is 14.1. The highest BCUT2D eigenvalue weighted by molar-refractivity contribution is 7.93. The summed E-state index contributed by atoms with van der Waals surface area (Å²) in [4.78, 5) is 9.61. The van der Waals surface area contributed by atoms with Crippen molar-refractivity contribution in [1.29, 1.82) is 0 Å². The Morgan fingerprint density at radius 2 is 2.16 bits per heavy atom. The summed E-state index contributed by atoms with van der Waals surface area (Å²) in [7, 11) is -3.94. The zero-order valence-corrected chi connectivity index (χ0v) is 11.1. The van der Waals surface area contributed by atoms with Gasteiger partial charge in [-0.3, -0.25) is 5.32 Å². The maximum Gasteiger partial charge on any atom is 0.344 e. The Morgan fingerprint density at radius 1 is 1.47 bits per heavy atom. The Balaban J connectivity index is 2.73. The summed E-state index contributed by atoms with van der Waals surface area (Å²) >= 11 is 0. The topological polar surface area (TPSA) is 83.5 Å². The van der Waals surface area contributed by atoms with Gasteiger partial charge in [0.25, 0.3) is 0 Å². The summed E-state index contributed by atoms with van der Waals surface area (Å²) in [6.07, 6.45) is 1.81. The Bertz CT molecular complexity index is 623. The molecule has 0 aliphatic carbocycles. The fourth-order valence-electron chi connectivity index (χ4n) is 2.43. The Labute approximate surface area is 111 Å². The predicted octanol–water partition coefficient (Wildman–Crippen LogP) is 0.670. The van der Waals surface area contributed by atoms with Crippen molar-refractivity contribution in [3.63, 3.8) is 0 Å². The number of hydrogen-bond donors (Lipinski definition) is 2. The van der Waals surface area contributed by atoms with Gasteiger partial charge in [0.05, 0.1) is 5.75 Å². The van der Waals surface area contributed by atoms with Gasteiger partial charge in [-0.2, -0.15) is 0 Å². The fourth-order valence-corrected chi connectivity index (χ4v) is 4.11. The molecule has 0 aromatic heterocycles. The van der Waals surface area contributed by atoms with E-state index >= 15 is 0 Å². The number of rotatable bonds is 4. The minimum absolute atomic E-state index is 0.301. The molecule has 2 rings (SSSR count). The Morgan fingerprint density at radius 3 is 2.79 bits per heavy atom. The van der Waals surface area contributed by atoms with E-state index in [1.165, 1.54) is 6.08 Å². The molecule has 2 N–H and O–H groups in total. The lowest BCUT2D eigenvalue weighted by Gasteiger charge is -2.35. The molecule has 1 aromatic rings. The van der Waals surface area contributed by atoms with Crippen LogP contribution >= 0.6 is 0 Å². The van der Waals surface area contributed by atoms with E-state index in [2.05, 4.69) is 11.9 Å². The average Bonchev–Trinajstić information content (AvgIpc) is 2.37. The number of carboxylic acid groups (broad SMARTS) is 1. The first-order chi connectivity index (χ1) is 8.95. The SMILES string of the molecule is C=CCS(=O)(=O)C1(C(=O)O)NCCc2ccccc21. The summed E-state index contributed by atoms with van der Waals surface area (Å²) in [6.45, 7) is 3.69. The molecule has 0 radical (unpaired) electrons. The van der Waals surface area contributed by atoms with E-state index in [1.54, 1.807) is 24.3 Å². The maximum atomic E-state index is 12.4. The van der Waals surface area contributed by atoms with Crippen LogP contribution in [0.2, 0.25) is 0 Å². The first kappa shape index (κ1) is 13.8. The van der Waals surface area contributed by atoms with Gasteiger partial charge >= 0.3 is 5.97 Å². The van der Waals surface area contributed by atoms with Crippen molar-refractivity contribution >= 4 is 15.8 Å². The smallest absolute Gasteiger partial charge is 0.344 e. The van der Waals surface area contributed by atoms with Crippen molar-refractivity contribution in [2.45, 2.75) is 11.3 Å². The molecular weight excluding hydrogens is 266 g/mol. The molecule has 0 fully saturated rings. The van der Waals surface area contributed by atoms with E-state index in [9.17, 15) is 18.3 Å². The number of carbonyl (C=O) groups is 1. The largest absolute Gasteiger partial charge is 0.479 e. The molecule has 19 heavy (non-hydrogen) atoms. The summed E-state index contributed by atoms with van der Waals surface area (Å²) in [5.74, 6) is -1.79. The lowest BCUT2D eigenvalue weighted by molar-refractivity contribution is -0.141. The quantitative estimate of drug-likeness (QED) is 0.793. The number of hydrogen-bond acceptors (Lipinski definition) is 4. The summed E-state index contributed by atoms with van der Waals surface area (Å²) in [5, 5.41) is 12.2. The van der Waals surface area contributed by atoms with E-state index in [1.807, 2.05) is 0 Å². The van der Waals surface area contributed by atoms with Crippen LogP contribution in [0.5, 0.6) is 0 Å². The first-order valence-electron chi connectivity index (χ1n) is 5.85. The molecule has 0 spiro atoms. The van der Waals surface area contributed by atoms with Crippen LogP contribution in [0.4, 0.5) is 0 Å². The lowest BCUT2D eigenvalue weighted by Crippen LogP contribution is -2.58. The fraction of sp³-hybridized carbons (Fsp3) is 0.308. The highest BCUT2D eigenvalue weighted by atomic mass is 32.2. The van der Waals surface area contributed by atoms with Gasteiger partial charge in [0.15, 0.2) is 9.84 Å². The van der Waals surface area contributed by atoms with Crippen molar-refractivity contribution in [2.24, 2.45) is 0 Å². The molecule has 5 nitrogen and oxygen atoms in total. The first-order valence-corrected chi connectivity index (χ1v) is 7.51. The van der Waals surface area contributed by atoms with E-state index in [4.69, 9.17) is 0 Å². The van der Waals surface area contributed by atoms with Crippen LogP contribution in [-0.4, -0.2) is 31.8 Å². The van der Waals surface area contributed by atoms with Crippen LogP contribution in [0.1, 0.15) is 11.1 Å². The summed E-state index contributed by atoms with van der Waals surface area (Å²) in [6, 6.07) is 6.73. The van der Waals surface area contributed by atoms with E-state index in [0.717, 1.165) is 5.56 Å². The molecule has 1 unspecified atom stereocenters. The molecule has 1 aliphatic rings. The second-order valence-corrected chi connectivity index (χ2v) is 6.57. The van der Waals surface area contributed by atoms with E-state index in [0.29, 0.717) is 18.5 Å². The van der Waals surface area contributed by atoms with Crippen molar-refractivity contribution < 1.29 is 18.3 Å². The molecule has 0 saturated heterocycles. The second kappa shape index (κ2) is 4.79. The van der Waals surface area contributed by atoms with E-state index < -0.39 is 20.7 Å². The van der Waals surface area contributed by atoms with Gasteiger partial charge in [0, 0.05) is 12.1 Å². The van der Waals surface area contributed by atoms with Crippen LogP contribution in [0, 0.1) is 0 Å². The maximum absolute atomic E-state index is 12.4. The minimum atomic E-state index is -3.94. The number of carboxylic acids is 1. The molecule has 1 aliphatic heterocycles. The van der Waals surface area contributed by atoms with Crippen LogP contribution < -0.4 is 5.32 Å². The number of fused-ring (bicyclic) bond motifs is 1. The third-order valence-corrected chi connectivity index (χ3v) is 5.42. The molecular formula is C13H15NO4S. The van der Waals surface area contributed by atoms with Gasteiger partial charge in [-0.1, -0.05) is 30.3 Å². The monoisotopic (exact) mass is 281 g/mol. The average molecular weight is 281 g/mol. The van der Waals surface area contributed by atoms with Gasteiger partial charge in [0.1, 0.15) is 0 Å². The van der Waals surface area contributed by atoms with Gasteiger partial charge in [0.2, 0.25) is 4.87 Å². The number of benzene rings is 1. The molecule has 0 saturated carbocycles. The lowest BCUT2D eigenvalue weighted by atomic mass is 9.94. The van der Waals surface area contributed by atoms with Crippen molar-refractivity contribution in [2.75, 3.05) is 12.3 Å². The van der Waals surface area contributed by atoms with Crippen molar-refractivity contribution in [3.8, 4) is 0 Å². The highest BCUT2D eigenvalue weighted by Crippen LogP contribution is 2.34. The van der Waals surface area contributed by atoms with E-state index in [-0.39, 0.29) is 5.75 Å². The van der Waals surface area contributed by atoms with Gasteiger partial charge in [-0.15, -0.1) is 6.58 Å². The summed E-state index contributed by atoms with van der Waals surface area (Å²) < 4.78 is 24.8. The van der Waals surface area contributed by atoms with Crippen molar-refractivity contribution in [3.05, 3.63) is 48.0 Å². The third kappa shape index (κ3) is 1.97. The van der Waals surface area contributed by atoms with Gasteiger partial charge < -0.3 is 5.11 Å². The molecule has 1 aromatic carbocycles. The third-order valence-electron chi connectivity index (χ3n) is 3.27. The Kier molecular flexibility index (Phi) is 3.47. The standard InChI is InChI=1S/C13H15NO4S/c1-2-9-19(17,18)13(12(15)16)11-6-4-3-5-10(11)7-8-14-13/h2-6,14H,1,7-9H2,(H,15,16). The molecule has 0 amide bonds. The van der Waals surface area contributed by atoms with Crippen molar-refractivity contribution in [1.82, 2.24) is 5.32 Å². The number of nitrogens with one attached hydrogen (secondary N) is 1. The molecule has 1 heterocycles. The predicted molar refractivity (Wildman–Crippen MR) is 71.4 cm³/mol. The normalized spacial score (nSPS) is 22.5. The summed E-state index contributed by atoms with van der Waals surface area (Å²) in [5.41, 5.74) is 1.05.